The standard InChI is InChI=1S/C27H31N3O3/c1-26(2,33)10-9-16-3-5-17(6-4-16)21-13-20-18(14-29-21)7-8-19-22(25(31)32)24(30-23(19)20)27(15-28)11-12-27/h3-6,13-14,30,33H,7-12,15,28H2,1-2H3,(H,31,32). The van der Waals surface area contributed by atoms with Gasteiger partial charge in [0.15, 0.2) is 0 Å². The molecule has 6 nitrogen and oxygen atoms in total. The highest BCUT2D eigenvalue weighted by atomic mass is 16.4. The summed E-state index contributed by atoms with van der Waals surface area (Å²) in [6.07, 6.45) is 6.77. The van der Waals surface area contributed by atoms with Crippen LogP contribution in [-0.4, -0.2) is 38.3 Å². The molecule has 1 aromatic carbocycles. The molecule has 1 saturated carbocycles. The van der Waals surface area contributed by atoms with E-state index in [0.717, 1.165) is 65.0 Å². The van der Waals surface area contributed by atoms with Crippen LogP contribution in [0.3, 0.4) is 0 Å². The van der Waals surface area contributed by atoms with Gasteiger partial charge in [-0.2, -0.15) is 0 Å². The molecule has 0 saturated heterocycles. The fraction of sp³-hybridized carbons (Fsp3) is 0.407. The zero-order valence-electron chi connectivity index (χ0n) is 19.2. The molecule has 5 N–H and O–H groups in total. The Hall–Kier alpha value is -2.96. The molecule has 2 heterocycles. The summed E-state index contributed by atoms with van der Waals surface area (Å²) in [4.78, 5) is 20.4. The van der Waals surface area contributed by atoms with E-state index in [2.05, 4.69) is 35.3 Å². The van der Waals surface area contributed by atoms with Crippen LogP contribution in [0.1, 0.15) is 65.9 Å². The number of H-pyrrole nitrogens is 1. The lowest BCUT2D eigenvalue weighted by Gasteiger charge is -2.18. The van der Waals surface area contributed by atoms with E-state index in [1.807, 2.05) is 20.0 Å². The van der Waals surface area contributed by atoms with Gasteiger partial charge in [0.25, 0.3) is 0 Å². The molecule has 3 aromatic rings. The van der Waals surface area contributed by atoms with Crippen LogP contribution in [0.4, 0.5) is 0 Å². The zero-order valence-corrected chi connectivity index (χ0v) is 19.2. The zero-order chi connectivity index (χ0) is 23.4. The average molecular weight is 446 g/mol. The number of pyridine rings is 1. The van der Waals surface area contributed by atoms with Gasteiger partial charge < -0.3 is 20.9 Å². The van der Waals surface area contributed by atoms with Crippen LogP contribution in [-0.2, 0) is 24.7 Å². The predicted molar refractivity (Wildman–Crippen MR) is 128 cm³/mol. The van der Waals surface area contributed by atoms with Gasteiger partial charge in [0, 0.05) is 35.0 Å². The van der Waals surface area contributed by atoms with E-state index in [0.29, 0.717) is 24.9 Å². The molecular weight excluding hydrogens is 414 g/mol. The van der Waals surface area contributed by atoms with Crippen molar-refractivity contribution in [3.63, 3.8) is 0 Å². The first-order chi connectivity index (χ1) is 15.7. The number of carboxylic acids is 1. The highest BCUT2D eigenvalue weighted by Gasteiger charge is 2.48. The van der Waals surface area contributed by atoms with Crippen LogP contribution in [0.5, 0.6) is 0 Å². The van der Waals surface area contributed by atoms with Crippen LogP contribution in [0, 0.1) is 0 Å². The third kappa shape index (κ3) is 3.98. The molecule has 0 atom stereocenters. The molecule has 2 aliphatic carbocycles. The van der Waals surface area contributed by atoms with Crippen molar-refractivity contribution in [1.82, 2.24) is 9.97 Å². The van der Waals surface area contributed by atoms with Crippen molar-refractivity contribution in [3.05, 3.63) is 64.5 Å². The van der Waals surface area contributed by atoms with Crippen molar-refractivity contribution in [1.29, 1.82) is 0 Å². The number of aromatic carboxylic acids is 1. The molecule has 1 fully saturated rings. The van der Waals surface area contributed by atoms with Crippen molar-refractivity contribution in [2.45, 2.75) is 63.4 Å². The van der Waals surface area contributed by atoms with E-state index < -0.39 is 11.6 Å². The monoisotopic (exact) mass is 445 g/mol. The maximum atomic E-state index is 12.2. The number of rotatable bonds is 7. The minimum absolute atomic E-state index is 0.222. The molecular formula is C27H31N3O3. The predicted octanol–water partition coefficient (Wildman–Crippen LogP) is 4.23. The fourth-order valence-electron chi connectivity index (χ4n) is 4.99. The molecule has 0 radical (unpaired) electrons. The Kier molecular flexibility index (Phi) is 5.18. The maximum Gasteiger partial charge on any atom is 0.337 e. The number of fused-ring (bicyclic) bond motifs is 3. The van der Waals surface area contributed by atoms with Gasteiger partial charge >= 0.3 is 5.97 Å². The molecule has 2 aromatic heterocycles. The second kappa shape index (κ2) is 7.82. The van der Waals surface area contributed by atoms with Crippen molar-refractivity contribution >= 4 is 5.97 Å². The van der Waals surface area contributed by atoms with Crippen LogP contribution < -0.4 is 5.73 Å². The molecule has 6 heteroatoms. The molecule has 172 valence electrons. The van der Waals surface area contributed by atoms with E-state index in [9.17, 15) is 15.0 Å². The first-order valence-electron chi connectivity index (χ1n) is 11.7. The number of aliphatic hydroxyl groups is 1. The van der Waals surface area contributed by atoms with E-state index in [1.54, 1.807) is 0 Å². The Morgan fingerprint density at radius 1 is 1.21 bits per heavy atom. The molecule has 0 unspecified atom stereocenters. The van der Waals surface area contributed by atoms with Crippen LogP contribution in [0.15, 0.2) is 36.5 Å². The Morgan fingerprint density at radius 3 is 2.55 bits per heavy atom. The summed E-state index contributed by atoms with van der Waals surface area (Å²) in [7, 11) is 0. The molecule has 0 amide bonds. The SMILES string of the molecule is CC(C)(O)CCc1ccc(-c2cc3c(cn2)CCc2c-3[nH]c(C3(CN)CC3)c2C(=O)O)cc1. The average Bonchev–Trinajstić information content (AvgIpc) is 3.49. The summed E-state index contributed by atoms with van der Waals surface area (Å²) < 4.78 is 0. The van der Waals surface area contributed by atoms with Gasteiger partial charge in [-0.3, -0.25) is 4.98 Å². The molecule has 0 bridgehead atoms. The second-order valence-electron chi connectivity index (χ2n) is 10.3. The first kappa shape index (κ1) is 21.9. The topological polar surface area (TPSA) is 112 Å². The Morgan fingerprint density at radius 2 is 1.94 bits per heavy atom. The van der Waals surface area contributed by atoms with Crippen LogP contribution >= 0.6 is 0 Å². The normalized spacial score (nSPS) is 16.2. The summed E-state index contributed by atoms with van der Waals surface area (Å²) in [6, 6.07) is 10.4. The van der Waals surface area contributed by atoms with Gasteiger partial charge in [-0.15, -0.1) is 0 Å². The van der Waals surface area contributed by atoms with E-state index in [-0.39, 0.29) is 5.41 Å². The number of aryl methyl sites for hydroxylation is 2. The van der Waals surface area contributed by atoms with Gasteiger partial charge in [0.2, 0.25) is 0 Å². The minimum Gasteiger partial charge on any atom is -0.478 e. The van der Waals surface area contributed by atoms with E-state index in [4.69, 9.17) is 10.7 Å². The summed E-state index contributed by atoms with van der Waals surface area (Å²) in [6.45, 7) is 4.11. The lowest BCUT2D eigenvalue weighted by Crippen LogP contribution is -2.23. The number of aromatic nitrogens is 2. The molecule has 0 spiro atoms. The lowest BCUT2D eigenvalue weighted by atomic mass is 9.87. The van der Waals surface area contributed by atoms with Crippen LogP contribution in [0.25, 0.3) is 22.5 Å². The fourth-order valence-corrected chi connectivity index (χ4v) is 4.99. The maximum absolute atomic E-state index is 12.2. The third-order valence-electron chi connectivity index (χ3n) is 7.27. The number of nitrogens with zero attached hydrogens (tertiary/aromatic N) is 1. The number of nitrogens with one attached hydrogen (secondary N) is 1. The van der Waals surface area contributed by atoms with Gasteiger partial charge in [0.1, 0.15) is 0 Å². The Balaban J connectivity index is 1.51. The van der Waals surface area contributed by atoms with E-state index >= 15 is 0 Å². The van der Waals surface area contributed by atoms with Crippen molar-refractivity contribution in [2.75, 3.05) is 6.54 Å². The molecule has 0 aliphatic heterocycles. The number of hydrogen-bond acceptors (Lipinski definition) is 4. The van der Waals surface area contributed by atoms with E-state index in [1.165, 1.54) is 5.56 Å². The van der Waals surface area contributed by atoms with Crippen molar-refractivity contribution in [3.8, 4) is 22.5 Å². The smallest absolute Gasteiger partial charge is 0.337 e. The van der Waals surface area contributed by atoms with Gasteiger partial charge in [-0.1, -0.05) is 24.3 Å². The Labute approximate surface area is 193 Å². The molecule has 2 aliphatic rings. The van der Waals surface area contributed by atoms with Crippen LogP contribution in [0.2, 0.25) is 0 Å². The number of carbonyl (C=O) groups is 1. The summed E-state index contributed by atoms with van der Waals surface area (Å²) >= 11 is 0. The summed E-state index contributed by atoms with van der Waals surface area (Å²) in [5.41, 5.74) is 13.4. The minimum atomic E-state index is -0.874. The number of benzene rings is 1. The van der Waals surface area contributed by atoms with Gasteiger partial charge in [0.05, 0.1) is 22.6 Å². The van der Waals surface area contributed by atoms with Crippen molar-refractivity contribution < 1.29 is 15.0 Å². The molecule has 33 heavy (non-hydrogen) atoms. The quantitative estimate of drug-likeness (QED) is 0.435. The lowest BCUT2D eigenvalue weighted by molar-refractivity contribution is 0.0691. The highest BCUT2D eigenvalue weighted by Crippen LogP contribution is 2.51. The number of hydrogen-bond donors (Lipinski definition) is 4. The van der Waals surface area contributed by atoms with Crippen molar-refractivity contribution in [2.24, 2.45) is 5.73 Å². The third-order valence-corrected chi connectivity index (χ3v) is 7.27. The highest BCUT2D eigenvalue weighted by molar-refractivity contribution is 5.95. The second-order valence-corrected chi connectivity index (χ2v) is 10.3. The summed E-state index contributed by atoms with van der Waals surface area (Å²) in [5.74, 6) is -0.874. The number of aromatic amines is 1. The van der Waals surface area contributed by atoms with Gasteiger partial charge in [-0.05, 0) is 75.1 Å². The van der Waals surface area contributed by atoms with Gasteiger partial charge in [-0.25, -0.2) is 4.79 Å². The molecule has 5 rings (SSSR count). The number of carboxylic acid groups (broad SMARTS) is 1. The summed E-state index contributed by atoms with van der Waals surface area (Å²) in [5, 5.41) is 20.0. The first-order valence-corrected chi connectivity index (χ1v) is 11.7. The number of nitrogens with two attached hydrogens (primary N) is 1. The Bertz CT molecular complexity index is 1210. The largest absolute Gasteiger partial charge is 0.478 e.